The van der Waals surface area contributed by atoms with Gasteiger partial charge in [0.05, 0.1) is 48.7 Å². The molecule has 0 N–H and O–H groups in total. The van der Waals surface area contributed by atoms with Crippen LogP contribution in [-0.2, 0) is 19.1 Å². The fraction of sp³-hybridized carbons (Fsp3) is 0.667. The number of halogens is 1. The number of likely N-dealkylation sites (tertiary alicyclic amines) is 1. The van der Waals surface area contributed by atoms with Crippen LogP contribution in [0.3, 0.4) is 0 Å². The number of hydrogen-bond donors (Lipinski definition) is 0. The number of aromatic nitrogens is 2. The molecule has 10 heteroatoms. The van der Waals surface area contributed by atoms with E-state index in [0.717, 1.165) is 18.5 Å². The van der Waals surface area contributed by atoms with Crippen LogP contribution < -0.4 is 0 Å². The Bertz CT molecular complexity index is 1130. The van der Waals surface area contributed by atoms with E-state index in [1.54, 1.807) is 31.7 Å². The van der Waals surface area contributed by atoms with Crippen molar-refractivity contribution in [3.63, 3.8) is 0 Å². The largest absolute Gasteiger partial charge is 0.462 e. The molecule has 9 atom stereocenters. The number of nitriles is 1. The van der Waals surface area contributed by atoms with E-state index >= 15 is 4.39 Å². The number of carbonyl (C=O) groups excluding carboxylic acids is 2. The predicted octanol–water partition coefficient (Wildman–Crippen LogP) is 2.15. The lowest BCUT2D eigenvalue weighted by Gasteiger charge is -2.60. The molecule has 4 fully saturated rings. The van der Waals surface area contributed by atoms with Crippen LogP contribution in [0.15, 0.2) is 30.4 Å². The first-order valence-corrected chi connectivity index (χ1v) is 13.4. The number of alkyl halides is 1. The van der Waals surface area contributed by atoms with Gasteiger partial charge in [0.2, 0.25) is 0 Å². The Labute approximate surface area is 215 Å². The van der Waals surface area contributed by atoms with E-state index in [0.29, 0.717) is 25.9 Å². The molecule has 0 aromatic carbocycles. The first-order chi connectivity index (χ1) is 18.0. The van der Waals surface area contributed by atoms with Crippen molar-refractivity contribution in [1.82, 2.24) is 19.8 Å². The standard InChI is InChI=1S/C27H32FN5O4/c1-2-36-27(35)18-14-33-21-9-15(11-29)3-4-22(21)37-26-23(33)17(25(18)34)10-19(28)24(26)32-8-5-16(13-32)20-12-30-6-7-31-20/h6-7,12,14-17,19,21-24,26H,2-5,8-10,13H2,1H3. The number of hydrogen-bond acceptors (Lipinski definition) is 9. The molecular weight excluding hydrogens is 477 g/mol. The Balaban J connectivity index is 1.34. The van der Waals surface area contributed by atoms with Gasteiger partial charge in [0.25, 0.3) is 0 Å². The van der Waals surface area contributed by atoms with Gasteiger partial charge < -0.3 is 14.4 Å². The quantitative estimate of drug-likeness (QED) is 0.446. The fourth-order valence-electron chi connectivity index (χ4n) is 7.30. The van der Waals surface area contributed by atoms with Crippen LogP contribution in [0.4, 0.5) is 4.39 Å². The van der Waals surface area contributed by atoms with Gasteiger partial charge in [0.1, 0.15) is 11.7 Å². The molecule has 6 rings (SSSR count). The number of nitrogens with zero attached hydrogens (tertiary/aromatic N) is 5. The van der Waals surface area contributed by atoms with E-state index < -0.39 is 30.2 Å². The molecule has 2 saturated carbocycles. The molecule has 9 unspecified atom stereocenters. The van der Waals surface area contributed by atoms with Crippen LogP contribution >= 0.6 is 0 Å². The summed E-state index contributed by atoms with van der Waals surface area (Å²) in [4.78, 5) is 39.1. The summed E-state index contributed by atoms with van der Waals surface area (Å²) in [6.07, 6.45) is 7.66. The maximum Gasteiger partial charge on any atom is 0.343 e. The molecule has 37 heavy (non-hydrogen) atoms. The van der Waals surface area contributed by atoms with Gasteiger partial charge in [-0.2, -0.15) is 5.26 Å². The molecule has 3 aliphatic heterocycles. The zero-order valence-corrected chi connectivity index (χ0v) is 20.9. The molecule has 196 valence electrons. The second kappa shape index (κ2) is 9.76. The summed E-state index contributed by atoms with van der Waals surface area (Å²) in [5.74, 6) is -1.67. The highest BCUT2D eigenvalue weighted by Gasteiger charge is 2.60. The highest BCUT2D eigenvalue weighted by molar-refractivity contribution is 6.18. The summed E-state index contributed by atoms with van der Waals surface area (Å²) < 4.78 is 28.0. The molecule has 0 bridgehead atoms. The molecule has 0 radical (unpaired) electrons. The van der Waals surface area contributed by atoms with Crippen molar-refractivity contribution in [2.75, 3.05) is 19.7 Å². The van der Waals surface area contributed by atoms with Crippen LogP contribution in [0.25, 0.3) is 0 Å². The lowest BCUT2D eigenvalue weighted by molar-refractivity contribution is -0.212. The van der Waals surface area contributed by atoms with E-state index in [-0.39, 0.29) is 54.4 Å². The highest BCUT2D eigenvalue weighted by Crippen LogP contribution is 2.48. The fourth-order valence-corrected chi connectivity index (χ4v) is 7.30. The van der Waals surface area contributed by atoms with Gasteiger partial charge in [0, 0.05) is 49.1 Å². The second-order valence-corrected chi connectivity index (χ2v) is 10.9. The maximum absolute atomic E-state index is 16.1. The van der Waals surface area contributed by atoms with Gasteiger partial charge in [-0.1, -0.05) is 0 Å². The normalized spacial score (nSPS) is 39.3. The van der Waals surface area contributed by atoms with Crippen LogP contribution in [0.5, 0.6) is 0 Å². The molecule has 2 saturated heterocycles. The molecule has 4 heterocycles. The minimum atomic E-state index is -1.27. The van der Waals surface area contributed by atoms with Gasteiger partial charge in [-0.15, -0.1) is 0 Å². The van der Waals surface area contributed by atoms with Crippen molar-refractivity contribution in [2.45, 2.75) is 81.5 Å². The lowest BCUT2D eigenvalue weighted by atomic mass is 9.69. The van der Waals surface area contributed by atoms with Gasteiger partial charge >= 0.3 is 5.97 Å². The summed E-state index contributed by atoms with van der Waals surface area (Å²) in [6.45, 7) is 3.22. The third kappa shape index (κ3) is 4.12. The van der Waals surface area contributed by atoms with Gasteiger partial charge in [-0.05, 0) is 45.6 Å². The topological polar surface area (TPSA) is 109 Å². The van der Waals surface area contributed by atoms with Crippen molar-refractivity contribution >= 4 is 11.8 Å². The number of esters is 1. The van der Waals surface area contributed by atoms with Crippen LogP contribution in [0.2, 0.25) is 0 Å². The molecule has 0 amide bonds. The summed E-state index contributed by atoms with van der Waals surface area (Å²) in [5.41, 5.74) is 0.890. The van der Waals surface area contributed by atoms with E-state index in [2.05, 4.69) is 25.8 Å². The van der Waals surface area contributed by atoms with Crippen molar-refractivity contribution in [3.8, 4) is 6.07 Å². The van der Waals surface area contributed by atoms with Crippen molar-refractivity contribution in [2.24, 2.45) is 11.8 Å². The monoisotopic (exact) mass is 509 g/mol. The third-order valence-electron chi connectivity index (χ3n) is 8.95. The summed E-state index contributed by atoms with van der Waals surface area (Å²) in [7, 11) is 0. The maximum atomic E-state index is 16.1. The zero-order chi connectivity index (χ0) is 25.7. The minimum Gasteiger partial charge on any atom is -0.462 e. The van der Waals surface area contributed by atoms with Crippen molar-refractivity contribution in [3.05, 3.63) is 36.1 Å². The smallest absolute Gasteiger partial charge is 0.343 e. The van der Waals surface area contributed by atoms with E-state index in [4.69, 9.17) is 9.47 Å². The lowest BCUT2D eigenvalue weighted by Crippen LogP contribution is -2.73. The Kier molecular flexibility index (Phi) is 6.45. The molecule has 9 nitrogen and oxygen atoms in total. The molecular formula is C27H32FN5O4. The Hall–Kier alpha value is -2.90. The first kappa shape index (κ1) is 24.4. The third-order valence-corrected chi connectivity index (χ3v) is 8.95. The molecule has 0 spiro atoms. The number of morpholine rings is 1. The summed E-state index contributed by atoms with van der Waals surface area (Å²) >= 11 is 0. The van der Waals surface area contributed by atoms with Crippen molar-refractivity contribution < 1.29 is 23.5 Å². The summed E-state index contributed by atoms with van der Waals surface area (Å²) in [6, 6.07) is 1.38. The summed E-state index contributed by atoms with van der Waals surface area (Å²) in [5, 5.41) is 9.61. The number of Topliss-reactive ketones (excluding diaryl/α,β-unsaturated/α-hetero) is 1. The molecule has 1 aromatic heterocycles. The van der Waals surface area contributed by atoms with Crippen LogP contribution in [0, 0.1) is 23.2 Å². The first-order valence-electron chi connectivity index (χ1n) is 13.4. The number of ether oxygens (including phenoxy) is 2. The molecule has 2 aliphatic carbocycles. The van der Waals surface area contributed by atoms with Crippen molar-refractivity contribution in [1.29, 1.82) is 5.26 Å². The minimum absolute atomic E-state index is 0.0175. The predicted molar refractivity (Wildman–Crippen MR) is 129 cm³/mol. The average Bonchev–Trinajstić information content (AvgIpc) is 3.40. The van der Waals surface area contributed by atoms with E-state index in [1.807, 2.05) is 0 Å². The molecule has 5 aliphatic rings. The SMILES string of the molecule is CCOC(=O)C1=CN2C3CC(C#N)CCC3OC3C(N4CCC(c5cnccn5)C4)C(F)CC(C1=O)C32. The highest BCUT2D eigenvalue weighted by atomic mass is 19.1. The number of rotatable bonds is 4. The van der Waals surface area contributed by atoms with Gasteiger partial charge in [-0.25, -0.2) is 9.18 Å². The van der Waals surface area contributed by atoms with E-state index in [1.165, 1.54) is 0 Å². The number of carbonyl (C=O) groups is 2. The number of fused-ring (bicyclic) bond motifs is 2. The Morgan fingerprint density at radius 3 is 2.89 bits per heavy atom. The Morgan fingerprint density at radius 2 is 2.14 bits per heavy atom. The average molecular weight is 510 g/mol. The molecule has 1 aromatic rings. The Morgan fingerprint density at radius 1 is 1.27 bits per heavy atom. The van der Waals surface area contributed by atoms with Crippen LogP contribution in [-0.4, -0.2) is 87.7 Å². The van der Waals surface area contributed by atoms with Gasteiger partial charge in [0.15, 0.2) is 5.78 Å². The second-order valence-electron chi connectivity index (χ2n) is 10.9. The van der Waals surface area contributed by atoms with Crippen LogP contribution in [0.1, 0.15) is 50.6 Å². The number of ketones is 1. The van der Waals surface area contributed by atoms with E-state index in [9.17, 15) is 14.9 Å². The van der Waals surface area contributed by atoms with Gasteiger partial charge in [-0.3, -0.25) is 19.7 Å². The zero-order valence-electron chi connectivity index (χ0n) is 20.9.